The molecule has 0 radical (unpaired) electrons. The van der Waals surface area contributed by atoms with Crippen LogP contribution in [0.2, 0.25) is 5.02 Å². The van der Waals surface area contributed by atoms with Crippen LogP contribution in [0.15, 0.2) is 30.3 Å². The predicted molar refractivity (Wildman–Crippen MR) is 104 cm³/mol. The second-order valence-electron chi connectivity index (χ2n) is 7.40. The molecule has 2 aromatic carbocycles. The summed E-state index contributed by atoms with van der Waals surface area (Å²) in [5.41, 5.74) is -2.21. The zero-order valence-electron chi connectivity index (χ0n) is 15.9. The third-order valence-electron chi connectivity index (χ3n) is 5.06. The van der Waals surface area contributed by atoms with Gasteiger partial charge in [0.15, 0.2) is 11.5 Å². The SMILES string of the molecule is [C-]#[N+]c1ccc(CC(=O)[C@@](C)(O)CN2CCc3cc(Cl)c(F)cc32)cc1C(F)(F)F. The van der Waals surface area contributed by atoms with Crippen molar-refractivity contribution in [2.24, 2.45) is 0 Å². The Hall–Kier alpha value is -2.63. The monoisotopic (exact) mass is 440 g/mol. The number of Topliss-reactive ketones (excluding diaryl/α,β-unsaturated/α-hetero) is 1. The molecule has 158 valence electrons. The standard InChI is InChI=1S/C21H17ClF4N2O2/c1-20(30,11-28-6-5-13-9-15(22)16(23)10-18(13)28)19(29)8-12-3-4-17(27-2)14(7-12)21(24,25)26/h3-4,7,9-10,30H,5-6,8,11H2,1H3/t20-/m0/s1. The van der Waals surface area contributed by atoms with Crippen LogP contribution in [-0.4, -0.2) is 29.6 Å². The summed E-state index contributed by atoms with van der Waals surface area (Å²) in [6.45, 7) is 8.44. The summed E-state index contributed by atoms with van der Waals surface area (Å²) in [6, 6.07) is 5.77. The van der Waals surface area contributed by atoms with E-state index in [1.165, 1.54) is 25.1 Å². The van der Waals surface area contributed by atoms with Gasteiger partial charge in [-0.15, -0.1) is 0 Å². The maximum Gasteiger partial charge on any atom is 0.407 e. The molecule has 0 bridgehead atoms. The highest BCUT2D eigenvalue weighted by Gasteiger charge is 2.36. The first-order chi connectivity index (χ1) is 13.9. The number of hydrogen-bond acceptors (Lipinski definition) is 3. The molecule has 0 fully saturated rings. The van der Waals surface area contributed by atoms with Gasteiger partial charge in [-0.25, -0.2) is 9.24 Å². The van der Waals surface area contributed by atoms with Crippen LogP contribution in [0, 0.1) is 12.4 Å². The van der Waals surface area contributed by atoms with Crippen LogP contribution < -0.4 is 4.90 Å². The molecule has 0 saturated carbocycles. The van der Waals surface area contributed by atoms with Gasteiger partial charge in [0.25, 0.3) is 0 Å². The third kappa shape index (κ3) is 4.42. The lowest BCUT2D eigenvalue weighted by Gasteiger charge is -2.29. The van der Waals surface area contributed by atoms with Crippen LogP contribution >= 0.6 is 11.6 Å². The first-order valence-electron chi connectivity index (χ1n) is 8.98. The van der Waals surface area contributed by atoms with E-state index in [0.717, 1.165) is 17.7 Å². The number of carbonyl (C=O) groups excluding carboxylic acids is 1. The number of rotatable bonds is 5. The smallest absolute Gasteiger partial charge is 0.380 e. The average Bonchev–Trinajstić information content (AvgIpc) is 3.02. The maximum atomic E-state index is 13.8. The largest absolute Gasteiger partial charge is 0.407 e. The molecule has 0 saturated heterocycles. The molecule has 1 atom stereocenters. The van der Waals surface area contributed by atoms with E-state index in [1.807, 2.05) is 0 Å². The Balaban J connectivity index is 1.78. The molecule has 1 aliphatic heterocycles. The fourth-order valence-corrected chi connectivity index (χ4v) is 3.65. The summed E-state index contributed by atoms with van der Waals surface area (Å²) in [6.07, 6.45) is -4.61. The molecule has 0 spiro atoms. The van der Waals surface area contributed by atoms with Crippen LogP contribution in [0.5, 0.6) is 0 Å². The highest BCUT2D eigenvalue weighted by Crippen LogP contribution is 2.37. The summed E-state index contributed by atoms with van der Waals surface area (Å²) in [7, 11) is 0. The minimum atomic E-state index is -4.73. The lowest BCUT2D eigenvalue weighted by Crippen LogP contribution is -2.47. The Bertz CT molecular complexity index is 1040. The van der Waals surface area contributed by atoms with Gasteiger partial charge in [0.1, 0.15) is 11.4 Å². The highest BCUT2D eigenvalue weighted by molar-refractivity contribution is 6.30. The van der Waals surface area contributed by atoms with Gasteiger partial charge in [-0.1, -0.05) is 29.8 Å². The van der Waals surface area contributed by atoms with Gasteiger partial charge in [-0.3, -0.25) is 4.79 Å². The van der Waals surface area contributed by atoms with Gasteiger partial charge in [-0.2, -0.15) is 13.2 Å². The number of nitrogens with zero attached hydrogens (tertiary/aromatic N) is 2. The summed E-state index contributed by atoms with van der Waals surface area (Å²) in [4.78, 5) is 17.2. The van der Waals surface area contributed by atoms with Gasteiger partial charge in [0.2, 0.25) is 0 Å². The zero-order chi connectivity index (χ0) is 22.3. The average molecular weight is 441 g/mol. The van der Waals surface area contributed by atoms with E-state index in [1.54, 1.807) is 4.90 Å². The van der Waals surface area contributed by atoms with E-state index in [-0.39, 0.29) is 17.1 Å². The normalized spacial score (nSPS) is 15.5. The van der Waals surface area contributed by atoms with Crippen molar-refractivity contribution in [3.8, 4) is 0 Å². The first-order valence-corrected chi connectivity index (χ1v) is 9.36. The second kappa shape index (κ2) is 7.89. The van der Waals surface area contributed by atoms with Crippen molar-refractivity contribution in [3.63, 3.8) is 0 Å². The van der Waals surface area contributed by atoms with Gasteiger partial charge in [0.05, 0.1) is 23.7 Å². The number of anilines is 1. The van der Waals surface area contributed by atoms with Crippen molar-refractivity contribution in [3.05, 3.63) is 69.3 Å². The molecule has 1 heterocycles. The summed E-state index contributed by atoms with van der Waals surface area (Å²) in [5, 5.41) is 10.7. The van der Waals surface area contributed by atoms with Crippen LogP contribution in [-0.2, 0) is 23.8 Å². The van der Waals surface area contributed by atoms with Gasteiger partial charge >= 0.3 is 6.18 Å². The van der Waals surface area contributed by atoms with E-state index in [4.69, 9.17) is 18.2 Å². The van der Waals surface area contributed by atoms with E-state index < -0.39 is 41.0 Å². The van der Waals surface area contributed by atoms with Crippen LogP contribution in [0.3, 0.4) is 0 Å². The van der Waals surface area contributed by atoms with E-state index in [0.29, 0.717) is 18.7 Å². The van der Waals surface area contributed by atoms with E-state index in [9.17, 15) is 27.5 Å². The van der Waals surface area contributed by atoms with Crippen molar-refractivity contribution in [2.45, 2.75) is 31.5 Å². The number of carbonyl (C=O) groups is 1. The maximum absolute atomic E-state index is 13.8. The summed E-state index contributed by atoms with van der Waals surface area (Å²) >= 11 is 5.78. The van der Waals surface area contributed by atoms with Crippen molar-refractivity contribution < 1.29 is 27.5 Å². The van der Waals surface area contributed by atoms with Crippen molar-refractivity contribution in [1.82, 2.24) is 0 Å². The second-order valence-corrected chi connectivity index (χ2v) is 7.81. The fraction of sp³-hybridized carbons (Fsp3) is 0.333. The number of halogens is 5. The van der Waals surface area contributed by atoms with Crippen molar-refractivity contribution >= 4 is 28.8 Å². The molecule has 30 heavy (non-hydrogen) atoms. The quantitative estimate of drug-likeness (QED) is 0.527. The van der Waals surface area contributed by atoms with Crippen molar-refractivity contribution in [2.75, 3.05) is 18.0 Å². The Morgan fingerprint density at radius 3 is 2.63 bits per heavy atom. The number of hydrogen-bond donors (Lipinski definition) is 1. The predicted octanol–water partition coefficient (Wildman–Crippen LogP) is 4.97. The topological polar surface area (TPSA) is 44.9 Å². The molecular weight excluding hydrogens is 424 g/mol. The minimum Gasteiger partial charge on any atom is -0.380 e. The molecule has 3 rings (SSSR count). The highest BCUT2D eigenvalue weighted by atomic mass is 35.5. The molecule has 4 nitrogen and oxygen atoms in total. The summed E-state index contributed by atoms with van der Waals surface area (Å²) in [5.74, 6) is -1.30. The Kier molecular flexibility index (Phi) is 5.81. The van der Waals surface area contributed by atoms with Crippen LogP contribution in [0.4, 0.5) is 28.9 Å². The Labute approximate surface area is 175 Å². The molecule has 0 unspecified atom stereocenters. The van der Waals surface area contributed by atoms with Gasteiger partial charge in [0, 0.05) is 18.7 Å². The molecule has 2 aromatic rings. The number of benzene rings is 2. The molecule has 1 N–H and O–H groups in total. The number of aliphatic hydroxyl groups is 1. The van der Waals surface area contributed by atoms with Crippen LogP contribution in [0.1, 0.15) is 23.6 Å². The number of fused-ring (bicyclic) bond motifs is 1. The Morgan fingerprint density at radius 2 is 2.00 bits per heavy atom. The number of β-amino-alcohol motifs (C(OH)–C–C–N with tert-alkyl or cyclic N) is 1. The Morgan fingerprint density at radius 1 is 1.30 bits per heavy atom. The first kappa shape index (κ1) is 22.1. The third-order valence-corrected chi connectivity index (χ3v) is 5.35. The molecule has 0 aromatic heterocycles. The lowest BCUT2D eigenvalue weighted by molar-refractivity contribution is -0.137. The van der Waals surface area contributed by atoms with Gasteiger partial charge in [-0.05, 0) is 36.6 Å². The van der Waals surface area contributed by atoms with E-state index in [2.05, 4.69) is 4.85 Å². The minimum absolute atomic E-state index is 0.0123. The molecule has 9 heteroatoms. The number of alkyl halides is 3. The molecule has 0 aliphatic carbocycles. The molecule has 0 amide bonds. The van der Waals surface area contributed by atoms with Crippen LogP contribution in [0.25, 0.3) is 4.85 Å². The fourth-order valence-electron chi connectivity index (χ4n) is 3.47. The number of ketones is 1. The summed E-state index contributed by atoms with van der Waals surface area (Å²) < 4.78 is 53.2. The molecule has 1 aliphatic rings. The lowest BCUT2D eigenvalue weighted by atomic mass is 9.93. The van der Waals surface area contributed by atoms with E-state index >= 15 is 0 Å². The zero-order valence-corrected chi connectivity index (χ0v) is 16.6. The molecular formula is C21H17ClF4N2O2. The van der Waals surface area contributed by atoms with Gasteiger partial charge < -0.3 is 10.0 Å². The van der Waals surface area contributed by atoms with Crippen molar-refractivity contribution in [1.29, 1.82) is 0 Å².